The third kappa shape index (κ3) is 5.34. The van der Waals surface area contributed by atoms with Crippen molar-refractivity contribution in [1.29, 1.82) is 0 Å². The molecule has 33 heavy (non-hydrogen) atoms. The van der Waals surface area contributed by atoms with Crippen LogP contribution in [0.25, 0.3) is 0 Å². The lowest BCUT2D eigenvalue weighted by molar-refractivity contribution is 0.426. The SMILES string of the molecule is CC(C)c1cc(Oc2cc(C(C)C)c(O)c(C(C)C)c2C(C)C)c(C(C)C)c(C(C)C)c1O. The second-order valence-corrected chi connectivity index (χ2v) is 11.3. The largest absolute Gasteiger partial charge is 0.507 e. The van der Waals surface area contributed by atoms with Gasteiger partial charge in [0.2, 0.25) is 0 Å². The van der Waals surface area contributed by atoms with Crippen LogP contribution in [0.15, 0.2) is 12.1 Å². The molecule has 184 valence electrons. The summed E-state index contributed by atoms with van der Waals surface area (Å²) in [6.45, 7) is 25.5. The lowest BCUT2D eigenvalue weighted by Crippen LogP contribution is -2.09. The second-order valence-electron chi connectivity index (χ2n) is 11.3. The van der Waals surface area contributed by atoms with Crippen LogP contribution in [0.2, 0.25) is 0 Å². The first-order valence-electron chi connectivity index (χ1n) is 12.7. The van der Waals surface area contributed by atoms with Gasteiger partial charge in [-0.05, 0) is 47.6 Å². The van der Waals surface area contributed by atoms with Gasteiger partial charge in [-0.2, -0.15) is 0 Å². The molecule has 0 bridgehead atoms. The molecule has 2 aromatic carbocycles. The van der Waals surface area contributed by atoms with E-state index in [-0.39, 0.29) is 35.5 Å². The van der Waals surface area contributed by atoms with Crippen molar-refractivity contribution in [2.24, 2.45) is 0 Å². The van der Waals surface area contributed by atoms with Crippen LogP contribution in [0, 0.1) is 0 Å². The van der Waals surface area contributed by atoms with Crippen molar-refractivity contribution in [2.75, 3.05) is 0 Å². The van der Waals surface area contributed by atoms with Gasteiger partial charge in [0.15, 0.2) is 0 Å². The third-order valence-corrected chi connectivity index (χ3v) is 6.51. The summed E-state index contributed by atoms with van der Waals surface area (Å²) in [5, 5.41) is 22.3. The zero-order valence-electron chi connectivity index (χ0n) is 22.9. The maximum absolute atomic E-state index is 11.2. The monoisotopic (exact) mass is 454 g/mol. The van der Waals surface area contributed by atoms with E-state index in [2.05, 4.69) is 83.1 Å². The van der Waals surface area contributed by atoms with E-state index >= 15 is 0 Å². The Morgan fingerprint density at radius 2 is 0.727 bits per heavy atom. The van der Waals surface area contributed by atoms with Crippen LogP contribution in [0.1, 0.15) is 152 Å². The molecule has 2 rings (SSSR count). The van der Waals surface area contributed by atoms with E-state index in [1.165, 1.54) is 0 Å². The van der Waals surface area contributed by atoms with Crippen LogP contribution in [0.5, 0.6) is 23.0 Å². The van der Waals surface area contributed by atoms with E-state index < -0.39 is 0 Å². The van der Waals surface area contributed by atoms with Crippen molar-refractivity contribution in [3.05, 3.63) is 45.5 Å². The number of hydrogen-bond acceptors (Lipinski definition) is 3. The molecule has 0 heterocycles. The molecule has 0 saturated carbocycles. The molecule has 0 saturated heterocycles. The van der Waals surface area contributed by atoms with E-state index in [1.54, 1.807) is 0 Å². The molecule has 0 atom stereocenters. The molecule has 0 amide bonds. The van der Waals surface area contributed by atoms with Crippen LogP contribution < -0.4 is 4.74 Å². The first-order chi connectivity index (χ1) is 15.2. The van der Waals surface area contributed by atoms with Gasteiger partial charge >= 0.3 is 0 Å². The Balaban J connectivity index is 2.94. The van der Waals surface area contributed by atoms with Crippen LogP contribution >= 0.6 is 0 Å². The summed E-state index contributed by atoms with van der Waals surface area (Å²) in [6, 6.07) is 4.06. The van der Waals surface area contributed by atoms with Gasteiger partial charge < -0.3 is 14.9 Å². The molecule has 3 nitrogen and oxygen atoms in total. The lowest BCUT2D eigenvalue weighted by atomic mass is 9.84. The van der Waals surface area contributed by atoms with Gasteiger partial charge in [0.05, 0.1) is 0 Å². The van der Waals surface area contributed by atoms with Crippen LogP contribution in [-0.2, 0) is 0 Å². The quantitative estimate of drug-likeness (QED) is 0.417. The zero-order chi connectivity index (χ0) is 25.4. The molecular weight excluding hydrogens is 408 g/mol. The average Bonchev–Trinajstić information content (AvgIpc) is 2.67. The minimum Gasteiger partial charge on any atom is -0.507 e. The van der Waals surface area contributed by atoms with E-state index in [4.69, 9.17) is 4.74 Å². The van der Waals surface area contributed by atoms with Gasteiger partial charge in [0.25, 0.3) is 0 Å². The predicted molar refractivity (Wildman–Crippen MR) is 141 cm³/mol. The first-order valence-corrected chi connectivity index (χ1v) is 12.7. The number of hydrogen-bond donors (Lipinski definition) is 2. The Hall–Kier alpha value is -2.16. The van der Waals surface area contributed by atoms with Crippen LogP contribution in [0.4, 0.5) is 0 Å². The normalized spacial score (nSPS) is 12.3. The molecule has 0 unspecified atom stereocenters. The Bertz CT molecular complexity index is 900. The first kappa shape index (κ1) is 27.1. The summed E-state index contributed by atoms with van der Waals surface area (Å²) >= 11 is 0. The zero-order valence-corrected chi connectivity index (χ0v) is 22.9. The third-order valence-electron chi connectivity index (χ3n) is 6.51. The number of phenolic OH excluding ortho intramolecular Hbond substituents is 2. The molecular formula is C30H46O3. The second kappa shape index (κ2) is 10.4. The summed E-state index contributed by atoms with van der Waals surface area (Å²) in [6.07, 6.45) is 0. The molecule has 0 spiro atoms. The maximum atomic E-state index is 11.2. The highest BCUT2D eigenvalue weighted by Gasteiger charge is 2.28. The summed E-state index contributed by atoms with van der Waals surface area (Å²) in [7, 11) is 0. The van der Waals surface area contributed by atoms with Crippen LogP contribution in [0.3, 0.4) is 0 Å². The highest BCUT2D eigenvalue weighted by molar-refractivity contribution is 5.61. The minimum atomic E-state index is 0.172. The average molecular weight is 455 g/mol. The molecule has 0 aliphatic carbocycles. The highest BCUT2D eigenvalue weighted by Crippen LogP contribution is 2.49. The van der Waals surface area contributed by atoms with Crippen LogP contribution in [-0.4, -0.2) is 10.2 Å². The molecule has 2 aromatic rings. The van der Waals surface area contributed by atoms with Crippen molar-refractivity contribution in [2.45, 2.75) is 119 Å². The van der Waals surface area contributed by atoms with Gasteiger partial charge in [-0.3, -0.25) is 0 Å². The van der Waals surface area contributed by atoms with Crippen molar-refractivity contribution >= 4 is 0 Å². The van der Waals surface area contributed by atoms with Crippen molar-refractivity contribution in [3.63, 3.8) is 0 Å². The van der Waals surface area contributed by atoms with E-state index in [0.29, 0.717) is 11.5 Å². The topological polar surface area (TPSA) is 49.7 Å². The van der Waals surface area contributed by atoms with Gasteiger partial charge in [-0.25, -0.2) is 0 Å². The molecule has 0 fully saturated rings. The predicted octanol–water partition coefficient (Wildman–Crippen LogP) is 9.63. The molecule has 2 N–H and O–H groups in total. The summed E-state index contributed by atoms with van der Waals surface area (Å²) < 4.78 is 6.81. The molecule has 0 radical (unpaired) electrons. The van der Waals surface area contributed by atoms with E-state index in [9.17, 15) is 10.2 Å². The Labute approximate surface area is 202 Å². The van der Waals surface area contributed by atoms with Gasteiger partial charge in [0.1, 0.15) is 23.0 Å². The number of rotatable bonds is 8. The Kier molecular flexibility index (Phi) is 8.54. The Morgan fingerprint density at radius 3 is 0.939 bits per heavy atom. The fourth-order valence-electron chi connectivity index (χ4n) is 4.93. The number of ether oxygens (including phenoxy) is 1. The van der Waals surface area contributed by atoms with Crippen molar-refractivity contribution < 1.29 is 14.9 Å². The van der Waals surface area contributed by atoms with E-state index in [0.717, 1.165) is 44.9 Å². The number of benzene rings is 2. The van der Waals surface area contributed by atoms with E-state index in [1.807, 2.05) is 12.1 Å². The van der Waals surface area contributed by atoms with Crippen molar-refractivity contribution in [3.8, 4) is 23.0 Å². The molecule has 3 heteroatoms. The summed E-state index contributed by atoms with van der Waals surface area (Å²) in [4.78, 5) is 0. The smallest absolute Gasteiger partial charge is 0.131 e. The van der Waals surface area contributed by atoms with Gasteiger partial charge in [-0.1, -0.05) is 83.1 Å². The summed E-state index contributed by atoms with van der Waals surface area (Å²) in [5.74, 6) is 3.50. The number of aromatic hydroxyl groups is 2. The molecule has 0 aliphatic rings. The van der Waals surface area contributed by atoms with Crippen molar-refractivity contribution in [1.82, 2.24) is 0 Å². The Morgan fingerprint density at radius 1 is 0.455 bits per heavy atom. The molecule has 0 aromatic heterocycles. The fraction of sp³-hybridized carbons (Fsp3) is 0.600. The maximum Gasteiger partial charge on any atom is 0.131 e. The van der Waals surface area contributed by atoms with Gasteiger partial charge in [-0.15, -0.1) is 0 Å². The lowest BCUT2D eigenvalue weighted by Gasteiger charge is -2.28. The minimum absolute atomic E-state index is 0.172. The fourth-order valence-corrected chi connectivity index (χ4v) is 4.93. The summed E-state index contributed by atoms with van der Waals surface area (Å²) in [5.41, 5.74) is 5.90. The standard InChI is InChI=1S/C30H46O3/c1-15(2)21-13-23(25(17(5)6)27(19(9)10)29(21)31)33-24-14-22(16(3)4)30(32)28(20(11)12)26(24)18(7)8/h13-20,31-32H,1-12H3. The van der Waals surface area contributed by atoms with Gasteiger partial charge in [0, 0.05) is 33.4 Å². The number of phenols is 2. The highest BCUT2D eigenvalue weighted by atomic mass is 16.5. The molecule has 0 aliphatic heterocycles.